The summed E-state index contributed by atoms with van der Waals surface area (Å²) in [6.07, 6.45) is 5.71. The molecule has 1 aromatic heterocycles. The van der Waals surface area contributed by atoms with Crippen LogP contribution in [-0.2, 0) is 6.42 Å². The number of aromatic amines is 1. The molecule has 0 bridgehead atoms. The summed E-state index contributed by atoms with van der Waals surface area (Å²) in [5.41, 5.74) is 2.70. The predicted molar refractivity (Wildman–Crippen MR) is 76.6 cm³/mol. The highest BCUT2D eigenvalue weighted by Crippen LogP contribution is 2.26. The van der Waals surface area contributed by atoms with Gasteiger partial charge in [-0.05, 0) is 35.2 Å². The van der Waals surface area contributed by atoms with E-state index in [4.69, 9.17) is 0 Å². The van der Waals surface area contributed by atoms with Gasteiger partial charge in [-0.25, -0.2) is 4.98 Å². The molecule has 0 aliphatic heterocycles. The van der Waals surface area contributed by atoms with Crippen molar-refractivity contribution in [2.24, 2.45) is 0 Å². The minimum atomic E-state index is 1.16. The summed E-state index contributed by atoms with van der Waals surface area (Å²) in [5.74, 6) is 0. The van der Waals surface area contributed by atoms with Crippen molar-refractivity contribution < 1.29 is 4.98 Å². The molecule has 3 rings (SSSR count). The summed E-state index contributed by atoms with van der Waals surface area (Å²) in [6, 6.07) is 15.2. The number of hydrogen-bond acceptors (Lipinski definition) is 0. The Kier molecular flexibility index (Phi) is 2.97. The van der Waals surface area contributed by atoms with Crippen molar-refractivity contribution in [1.29, 1.82) is 0 Å². The second-order valence-electron chi connectivity index (χ2n) is 4.82. The molecule has 18 heavy (non-hydrogen) atoms. The largest absolute Gasteiger partial charge is 0.211 e. The topological polar surface area (TPSA) is 14.1 Å². The van der Waals surface area contributed by atoms with E-state index in [1.807, 2.05) is 0 Å². The number of unbranched alkanes of at least 4 members (excludes halogenated alkanes) is 1. The van der Waals surface area contributed by atoms with Crippen molar-refractivity contribution in [2.75, 3.05) is 0 Å². The molecular weight excluding hydrogens is 218 g/mol. The monoisotopic (exact) mass is 236 g/mol. The van der Waals surface area contributed by atoms with Crippen LogP contribution in [0.4, 0.5) is 0 Å². The summed E-state index contributed by atoms with van der Waals surface area (Å²) in [4.78, 5) is 3.36. The van der Waals surface area contributed by atoms with Gasteiger partial charge in [0.1, 0.15) is 0 Å². The number of pyridine rings is 1. The van der Waals surface area contributed by atoms with Crippen molar-refractivity contribution in [3.63, 3.8) is 0 Å². The Bertz CT molecular complexity index is 685. The Balaban J connectivity index is 2.32. The van der Waals surface area contributed by atoms with Crippen LogP contribution >= 0.6 is 0 Å². The molecule has 1 N–H and O–H groups in total. The highest BCUT2D eigenvalue weighted by Gasteiger charge is 2.09. The molecule has 0 unspecified atom stereocenters. The van der Waals surface area contributed by atoms with E-state index in [0.29, 0.717) is 0 Å². The van der Waals surface area contributed by atoms with Gasteiger partial charge in [0, 0.05) is 12.1 Å². The van der Waals surface area contributed by atoms with Crippen molar-refractivity contribution in [1.82, 2.24) is 0 Å². The molecule has 0 saturated carbocycles. The Morgan fingerprint density at radius 1 is 1.00 bits per heavy atom. The SMILES string of the molecule is CCCCc1cc[nH+]c2ccc3ccccc3c12. The predicted octanol–water partition coefficient (Wildman–Crippen LogP) is 4.15. The van der Waals surface area contributed by atoms with Crippen molar-refractivity contribution in [3.8, 4) is 0 Å². The maximum absolute atomic E-state index is 3.36. The third-order valence-corrected chi connectivity index (χ3v) is 3.57. The second kappa shape index (κ2) is 4.77. The second-order valence-corrected chi connectivity index (χ2v) is 4.82. The van der Waals surface area contributed by atoms with E-state index in [0.717, 1.165) is 6.42 Å². The van der Waals surface area contributed by atoms with E-state index in [1.165, 1.54) is 40.1 Å². The molecule has 2 aromatic carbocycles. The first-order valence-electron chi connectivity index (χ1n) is 6.71. The number of nitrogens with one attached hydrogen (secondary N) is 1. The van der Waals surface area contributed by atoms with Crippen LogP contribution in [-0.4, -0.2) is 0 Å². The zero-order valence-electron chi connectivity index (χ0n) is 10.7. The molecule has 1 heterocycles. The van der Waals surface area contributed by atoms with Gasteiger partial charge in [0.25, 0.3) is 0 Å². The molecule has 0 aliphatic carbocycles. The fourth-order valence-electron chi connectivity index (χ4n) is 2.63. The van der Waals surface area contributed by atoms with Gasteiger partial charge in [-0.2, -0.15) is 0 Å². The lowest BCUT2D eigenvalue weighted by Crippen LogP contribution is -2.04. The lowest BCUT2D eigenvalue weighted by atomic mass is 9.98. The van der Waals surface area contributed by atoms with Crippen LogP contribution < -0.4 is 4.98 Å². The van der Waals surface area contributed by atoms with E-state index < -0.39 is 0 Å². The van der Waals surface area contributed by atoms with Gasteiger partial charge in [0.15, 0.2) is 6.20 Å². The first-order chi connectivity index (χ1) is 8.90. The minimum absolute atomic E-state index is 1.16. The molecular formula is C17H18N+. The number of hydrogen-bond donors (Lipinski definition) is 0. The van der Waals surface area contributed by atoms with Crippen LogP contribution in [0.1, 0.15) is 25.3 Å². The molecule has 0 amide bonds. The summed E-state index contributed by atoms with van der Waals surface area (Å²) < 4.78 is 0. The average Bonchev–Trinajstić information content (AvgIpc) is 2.44. The van der Waals surface area contributed by atoms with Gasteiger partial charge < -0.3 is 0 Å². The first-order valence-corrected chi connectivity index (χ1v) is 6.71. The molecule has 1 nitrogen and oxygen atoms in total. The maximum Gasteiger partial charge on any atom is 0.211 e. The molecule has 0 aliphatic rings. The van der Waals surface area contributed by atoms with Crippen molar-refractivity contribution >= 4 is 21.7 Å². The van der Waals surface area contributed by atoms with Gasteiger partial charge in [-0.15, -0.1) is 0 Å². The molecule has 0 saturated heterocycles. The van der Waals surface area contributed by atoms with Gasteiger partial charge in [0.05, 0.1) is 5.39 Å². The Hall–Kier alpha value is -1.89. The Morgan fingerprint density at radius 3 is 2.78 bits per heavy atom. The van der Waals surface area contributed by atoms with E-state index in [1.54, 1.807) is 0 Å². The maximum atomic E-state index is 3.36. The van der Waals surface area contributed by atoms with Crippen molar-refractivity contribution in [2.45, 2.75) is 26.2 Å². The fraction of sp³-hybridized carbons (Fsp3) is 0.235. The zero-order valence-corrected chi connectivity index (χ0v) is 10.7. The van der Waals surface area contributed by atoms with Crippen LogP contribution in [0, 0.1) is 0 Å². The van der Waals surface area contributed by atoms with E-state index in [2.05, 4.69) is 60.6 Å². The number of aromatic nitrogens is 1. The number of rotatable bonds is 3. The summed E-state index contributed by atoms with van der Waals surface area (Å²) >= 11 is 0. The lowest BCUT2D eigenvalue weighted by Gasteiger charge is -2.05. The van der Waals surface area contributed by atoms with Crippen LogP contribution in [0.2, 0.25) is 0 Å². The third-order valence-electron chi connectivity index (χ3n) is 3.57. The van der Waals surface area contributed by atoms with Gasteiger partial charge in [-0.1, -0.05) is 37.6 Å². The number of H-pyrrole nitrogens is 1. The highest BCUT2D eigenvalue weighted by atomic mass is 14.6. The normalized spacial score (nSPS) is 11.2. The van der Waals surface area contributed by atoms with Gasteiger partial charge >= 0.3 is 0 Å². The molecule has 0 atom stereocenters. The van der Waals surface area contributed by atoms with Crippen LogP contribution in [0.5, 0.6) is 0 Å². The van der Waals surface area contributed by atoms with Gasteiger partial charge in [0.2, 0.25) is 5.52 Å². The fourth-order valence-corrected chi connectivity index (χ4v) is 2.63. The van der Waals surface area contributed by atoms with Crippen LogP contribution in [0.25, 0.3) is 21.7 Å². The Morgan fingerprint density at radius 2 is 1.89 bits per heavy atom. The molecule has 0 spiro atoms. The number of fused-ring (bicyclic) bond motifs is 3. The molecule has 1 heteroatoms. The van der Waals surface area contributed by atoms with E-state index in [-0.39, 0.29) is 0 Å². The molecule has 3 aromatic rings. The Labute approximate surface area is 107 Å². The molecule has 90 valence electrons. The van der Waals surface area contributed by atoms with E-state index >= 15 is 0 Å². The average molecular weight is 236 g/mol. The van der Waals surface area contributed by atoms with E-state index in [9.17, 15) is 0 Å². The standard InChI is InChI=1S/C17H17N/c1-2-3-6-14-11-12-18-16-10-9-13-7-4-5-8-15(13)17(14)16/h4-5,7-12H,2-3,6H2,1H3/p+1. The van der Waals surface area contributed by atoms with Crippen molar-refractivity contribution in [3.05, 3.63) is 54.2 Å². The highest BCUT2D eigenvalue weighted by molar-refractivity contribution is 6.06. The molecule has 0 radical (unpaired) electrons. The molecule has 0 fully saturated rings. The smallest absolute Gasteiger partial charge is 0.211 e. The summed E-state index contributed by atoms with van der Waals surface area (Å²) in [6.45, 7) is 2.25. The van der Waals surface area contributed by atoms with Crippen LogP contribution in [0.15, 0.2) is 48.7 Å². The summed E-state index contributed by atoms with van der Waals surface area (Å²) in [7, 11) is 0. The first kappa shape index (κ1) is 11.2. The minimum Gasteiger partial charge on any atom is -0.211 e. The van der Waals surface area contributed by atoms with Gasteiger partial charge in [-0.3, -0.25) is 0 Å². The summed E-state index contributed by atoms with van der Waals surface area (Å²) in [5, 5.41) is 4.07. The van der Waals surface area contributed by atoms with Crippen LogP contribution in [0.3, 0.4) is 0 Å². The lowest BCUT2D eigenvalue weighted by molar-refractivity contribution is -0.344. The number of benzene rings is 2. The number of aryl methyl sites for hydroxylation is 1. The quantitative estimate of drug-likeness (QED) is 0.607. The zero-order chi connectivity index (χ0) is 12.4. The third kappa shape index (κ3) is 1.86.